The lowest BCUT2D eigenvalue weighted by Gasteiger charge is -2.12. The smallest absolute Gasteiger partial charge is 0.245 e. The Balaban J connectivity index is 2.12. The van der Waals surface area contributed by atoms with Crippen LogP contribution in [-0.2, 0) is 11.2 Å². The molecule has 0 fully saturated rings. The van der Waals surface area contributed by atoms with Gasteiger partial charge in [0, 0.05) is 10.4 Å². The standard InChI is InChI=1S/C18H22N2O3S/c1-4-22-14-8-9-17(23-5-2)16(11-14)13(3)19-20-18(21)12-15-7-6-10-24-15/h6-11H,4-5,12H2,1-3H3,(H,20,21)/b19-13-. The lowest BCUT2D eigenvalue weighted by molar-refractivity contribution is -0.120. The van der Waals surface area contributed by atoms with Gasteiger partial charge in [0.2, 0.25) is 5.91 Å². The molecule has 0 bridgehead atoms. The minimum Gasteiger partial charge on any atom is -0.494 e. The van der Waals surface area contributed by atoms with Crippen LogP contribution in [0.15, 0.2) is 40.8 Å². The first kappa shape index (κ1) is 18.0. The maximum Gasteiger partial charge on any atom is 0.245 e. The van der Waals surface area contributed by atoms with Gasteiger partial charge in [-0.1, -0.05) is 6.07 Å². The highest BCUT2D eigenvalue weighted by Gasteiger charge is 2.10. The topological polar surface area (TPSA) is 59.9 Å². The van der Waals surface area contributed by atoms with Gasteiger partial charge in [0.15, 0.2) is 0 Å². The predicted molar refractivity (Wildman–Crippen MR) is 97.2 cm³/mol. The summed E-state index contributed by atoms with van der Waals surface area (Å²) in [6.07, 6.45) is 0.325. The molecule has 0 aliphatic carbocycles. The van der Waals surface area contributed by atoms with Crippen LogP contribution in [0.3, 0.4) is 0 Å². The molecular formula is C18H22N2O3S. The molecule has 0 unspecified atom stereocenters. The van der Waals surface area contributed by atoms with E-state index in [0.29, 0.717) is 25.3 Å². The van der Waals surface area contributed by atoms with Crippen molar-refractivity contribution in [2.75, 3.05) is 13.2 Å². The number of carbonyl (C=O) groups is 1. The number of thiophene rings is 1. The molecule has 5 nitrogen and oxygen atoms in total. The third-order valence-corrected chi connectivity index (χ3v) is 4.09. The highest BCUT2D eigenvalue weighted by Crippen LogP contribution is 2.25. The number of hydrazone groups is 1. The molecule has 0 aliphatic rings. The average molecular weight is 346 g/mol. The van der Waals surface area contributed by atoms with E-state index >= 15 is 0 Å². The zero-order valence-corrected chi connectivity index (χ0v) is 15.0. The van der Waals surface area contributed by atoms with Gasteiger partial charge in [0.1, 0.15) is 11.5 Å². The number of rotatable bonds is 8. The summed E-state index contributed by atoms with van der Waals surface area (Å²) in [5.41, 5.74) is 4.07. The molecule has 1 aromatic carbocycles. The number of hydrogen-bond donors (Lipinski definition) is 1. The van der Waals surface area contributed by atoms with Crippen LogP contribution in [0, 0.1) is 0 Å². The van der Waals surface area contributed by atoms with Gasteiger partial charge in [-0.3, -0.25) is 4.79 Å². The van der Waals surface area contributed by atoms with E-state index in [2.05, 4.69) is 10.5 Å². The van der Waals surface area contributed by atoms with Crippen LogP contribution in [0.25, 0.3) is 0 Å². The normalized spacial score (nSPS) is 11.2. The van der Waals surface area contributed by atoms with Crippen molar-refractivity contribution in [3.05, 3.63) is 46.2 Å². The molecule has 0 saturated heterocycles. The molecule has 6 heteroatoms. The van der Waals surface area contributed by atoms with Crippen molar-refractivity contribution in [2.24, 2.45) is 5.10 Å². The number of carbonyl (C=O) groups excluding carboxylic acids is 1. The summed E-state index contributed by atoms with van der Waals surface area (Å²) < 4.78 is 11.2. The van der Waals surface area contributed by atoms with Crippen molar-refractivity contribution in [2.45, 2.75) is 27.2 Å². The summed E-state index contributed by atoms with van der Waals surface area (Å²) in [5, 5.41) is 6.15. The molecule has 1 heterocycles. The number of nitrogens with one attached hydrogen (secondary N) is 1. The SMILES string of the molecule is CCOc1ccc(OCC)c(/C(C)=N\NC(=O)Cc2cccs2)c1. The van der Waals surface area contributed by atoms with E-state index < -0.39 is 0 Å². The molecule has 128 valence electrons. The molecule has 0 aliphatic heterocycles. The van der Waals surface area contributed by atoms with Gasteiger partial charge in [-0.25, -0.2) is 5.43 Å². The van der Waals surface area contributed by atoms with E-state index in [0.717, 1.165) is 21.9 Å². The Morgan fingerprint density at radius 2 is 2.00 bits per heavy atom. The molecule has 1 aromatic heterocycles. The van der Waals surface area contributed by atoms with Crippen molar-refractivity contribution >= 4 is 23.0 Å². The lowest BCUT2D eigenvalue weighted by Crippen LogP contribution is -2.21. The number of benzene rings is 1. The fraction of sp³-hybridized carbons (Fsp3) is 0.333. The van der Waals surface area contributed by atoms with Crippen molar-refractivity contribution in [3.63, 3.8) is 0 Å². The summed E-state index contributed by atoms with van der Waals surface area (Å²) >= 11 is 1.55. The van der Waals surface area contributed by atoms with Gasteiger partial charge in [-0.2, -0.15) is 5.10 Å². The minimum absolute atomic E-state index is 0.143. The summed E-state index contributed by atoms with van der Waals surface area (Å²) in [6.45, 7) is 6.83. The number of nitrogens with zero attached hydrogens (tertiary/aromatic N) is 1. The molecule has 2 rings (SSSR count). The molecular weight excluding hydrogens is 324 g/mol. The van der Waals surface area contributed by atoms with E-state index in [1.165, 1.54) is 0 Å². The fourth-order valence-electron chi connectivity index (χ4n) is 2.15. The van der Waals surface area contributed by atoms with Crippen LogP contribution in [-0.4, -0.2) is 24.8 Å². The molecule has 2 aromatic rings. The van der Waals surface area contributed by atoms with E-state index in [-0.39, 0.29) is 5.91 Å². The van der Waals surface area contributed by atoms with Gasteiger partial charge < -0.3 is 9.47 Å². The summed E-state index contributed by atoms with van der Waals surface area (Å²) in [6, 6.07) is 9.45. The first-order valence-corrected chi connectivity index (χ1v) is 8.77. The molecule has 0 spiro atoms. The van der Waals surface area contributed by atoms with Gasteiger partial charge in [0.25, 0.3) is 0 Å². The molecule has 0 saturated carbocycles. The Morgan fingerprint density at radius 3 is 2.67 bits per heavy atom. The van der Waals surface area contributed by atoms with Crippen LogP contribution >= 0.6 is 11.3 Å². The second-order valence-electron chi connectivity index (χ2n) is 5.01. The second kappa shape index (κ2) is 9.08. The lowest BCUT2D eigenvalue weighted by atomic mass is 10.1. The van der Waals surface area contributed by atoms with Crippen LogP contribution in [0.2, 0.25) is 0 Å². The zero-order valence-electron chi connectivity index (χ0n) is 14.2. The Morgan fingerprint density at radius 1 is 1.21 bits per heavy atom. The average Bonchev–Trinajstić information content (AvgIpc) is 3.07. The summed E-state index contributed by atoms with van der Waals surface area (Å²) in [4.78, 5) is 13.0. The minimum atomic E-state index is -0.143. The monoisotopic (exact) mass is 346 g/mol. The third kappa shape index (κ3) is 5.09. The van der Waals surface area contributed by atoms with E-state index in [4.69, 9.17) is 9.47 Å². The van der Waals surface area contributed by atoms with Crippen molar-refractivity contribution < 1.29 is 14.3 Å². The van der Waals surface area contributed by atoms with Crippen molar-refractivity contribution in [1.29, 1.82) is 0 Å². The molecule has 1 N–H and O–H groups in total. The summed E-state index contributed by atoms with van der Waals surface area (Å²) in [5.74, 6) is 1.32. The highest BCUT2D eigenvalue weighted by molar-refractivity contribution is 7.10. The van der Waals surface area contributed by atoms with Gasteiger partial charge in [0.05, 0.1) is 25.3 Å². The summed E-state index contributed by atoms with van der Waals surface area (Å²) in [7, 11) is 0. The Bertz CT molecular complexity index is 696. The zero-order chi connectivity index (χ0) is 17.4. The van der Waals surface area contributed by atoms with Crippen molar-refractivity contribution in [3.8, 4) is 11.5 Å². The highest BCUT2D eigenvalue weighted by atomic mass is 32.1. The Hall–Kier alpha value is -2.34. The maximum absolute atomic E-state index is 12.0. The van der Waals surface area contributed by atoms with Crippen LogP contribution in [0.5, 0.6) is 11.5 Å². The maximum atomic E-state index is 12.0. The number of ether oxygens (including phenoxy) is 2. The van der Waals surface area contributed by atoms with E-state index in [1.807, 2.05) is 56.5 Å². The molecule has 24 heavy (non-hydrogen) atoms. The van der Waals surface area contributed by atoms with Gasteiger partial charge in [-0.05, 0) is 50.4 Å². The quantitative estimate of drug-likeness (QED) is 0.586. The molecule has 0 atom stereocenters. The number of hydrogen-bond acceptors (Lipinski definition) is 5. The Labute approximate surface area is 146 Å². The van der Waals surface area contributed by atoms with Crippen LogP contribution in [0.4, 0.5) is 0 Å². The predicted octanol–water partition coefficient (Wildman–Crippen LogP) is 3.63. The third-order valence-electron chi connectivity index (χ3n) is 3.21. The van der Waals surface area contributed by atoms with E-state index in [9.17, 15) is 4.79 Å². The van der Waals surface area contributed by atoms with E-state index in [1.54, 1.807) is 11.3 Å². The van der Waals surface area contributed by atoms with Crippen LogP contribution in [0.1, 0.15) is 31.2 Å². The first-order valence-electron chi connectivity index (χ1n) is 7.89. The van der Waals surface area contributed by atoms with Crippen molar-refractivity contribution in [1.82, 2.24) is 5.43 Å². The molecule has 1 amide bonds. The largest absolute Gasteiger partial charge is 0.494 e. The fourth-order valence-corrected chi connectivity index (χ4v) is 2.85. The number of amides is 1. The van der Waals surface area contributed by atoms with Gasteiger partial charge in [-0.15, -0.1) is 11.3 Å². The first-order chi connectivity index (χ1) is 11.6. The second-order valence-corrected chi connectivity index (χ2v) is 6.04. The van der Waals surface area contributed by atoms with Gasteiger partial charge >= 0.3 is 0 Å². The van der Waals surface area contributed by atoms with Crippen LogP contribution < -0.4 is 14.9 Å². The molecule has 0 radical (unpaired) electrons. The Kier molecular flexibility index (Phi) is 6.81.